The van der Waals surface area contributed by atoms with Crippen LogP contribution in [0.5, 0.6) is 0 Å². The number of aliphatic hydroxyl groups is 1. The highest BCUT2D eigenvalue weighted by molar-refractivity contribution is 7.17. The van der Waals surface area contributed by atoms with E-state index in [9.17, 15) is 9.90 Å². The van der Waals surface area contributed by atoms with E-state index >= 15 is 0 Å². The molecule has 2 aromatic heterocycles. The van der Waals surface area contributed by atoms with Crippen LogP contribution < -0.4 is 15.5 Å². The van der Waals surface area contributed by atoms with Crippen molar-refractivity contribution < 1.29 is 9.90 Å². The van der Waals surface area contributed by atoms with Crippen molar-refractivity contribution in [3.8, 4) is 0 Å². The number of amides is 1. The van der Waals surface area contributed by atoms with Crippen molar-refractivity contribution in [2.24, 2.45) is 0 Å². The van der Waals surface area contributed by atoms with Crippen molar-refractivity contribution >= 4 is 51.3 Å². The van der Waals surface area contributed by atoms with E-state index < -0.39 is 0 Å². The van der Waals surface area contributed by atoms with E-state index in [2.05, 4.69) is 44.2 Å². The summed E-state index contributed by atoms with van der Waals surface area (Å²) in [7, 11) is 0. The number of carbonyl (C=O) groups excluding carboxylic acids is 1. The van der Waals surface area contributed by atoms with E-state index in [4.69, 9.17) is 16.6 Å². The summed E-state index contributed by atoms with van der Waals surface area (Å²) < 4.78 is 0. The lowest BCUT2D eigenvalue weighted by Gasteiger charge is -2.35. The lowest BCUT2D eigenvalue weighted by Crippen LogP contribution is -2.47. The number of piperazine rings is 1. The van der Waals surface area contributed by atoms with Crippen LogP contribution in [0.3, 0.4) is 0 Å². The molecule has 186 valence electrons. The third kappa shape index (κ3) is 6.26. The molecular formula is C24H30ClN7O2S. The molecule has 3 aromatic rings. The second-order valence-corrected chi connectivity index (χ2v) is 10.2. The van der Waals surface area contributed by atoms with Crippen molar-refractivity contribution in [1.29, 1.82) is 0 Å². The van der Waals surface area contributed by atoms with Crippen molar-refractivity contribution in [3.05, 3.63) is 51.7 Å². The molecule has 0 atom stereocenters. The number of nitrogens with one attached hydrogen (secondary N) is 2. The van der Waals surface area contributed by atoms with Gasteiger partial charge >= 0.3 is 0 Å². The number of β-amino-alcohol motifs (C(OH)–C–C–N with tert-alkyl or cyclic N) is 1. The van der Waals surface area contributed by atoms with Crippen LogP contribution in [0.25, 0.3) is 0 Å². The number of hydrogen-bond donors (Lipinski definition) is 3. The zero-order valence-electron chi connectivity index (χ0n) is 20.1. The van der Waals surface area contributed by atoms with Crippen LogP contribution in [0.2, 0.25) is 5.02 Å². The van der Waals surface area contributed by atoms with Gasteiger partial charge in [-0.2, -0.15) is 0 Å². The minimum Gasteiger partial charge on any atom is -0.395 e. The molecule has 1 aromatic carbocycles. The molecule has 1 fully saturated rings. The number of rotatable bonds is 8. The number of thiazole rings is 1. The van der Waals surface area contributed by atoms with E-state index in [1.54, 1.807) is 12.3 Å². The number of carbonyl (C=O) groups is 1. The summed E-state index contributed by atoms with van der Waals surface area (Å²) in [4.78, 5) is 31.5. The molecule has 0 bridgehead atoms. The van der Waals surface area contributed by atoms with Crippen molar-refractivity contribution in [2.45, 2.75) is 26.7 Å². The standard InChI is InChI=1S/C24H30ClN7O2S/c1-15(2)22-27-19(13-20(29-22)32-9-7-31(8-10-32)11-12-33)28-24-26-14-18(35-24)23(34)30-21-16(3)5-4-6-17(21)25/h4-6,13-15,33H,7-12H2,1-3H3,(H,30,34)(H,26,27,28,29). The van der Waals surface area contributed by atoms with Crippen molar-refractivity contribution in [1.82, 2.24) is 19.9 Å². The highest BCUT2D eigenvalue weighted by Crippen LogP contribution is 2.29. The largest absolute Gasteiger partial charge is 0.395 e. The summed E-state index contributed by atoms with van der Waals surface area (Å²) >= 11 is 7.49. The quantitative estimate of drug-likeness (QED) is 0.411. The number of aryl methyl sites for hydroxylation is 1. The van der Waals surface area contributed by atoms with Crippen LogP contribution in [-0.4, -0.2) is 70.2 Å². The summed E-state index contributed by atoms with van der Waals surface area (Å²) in [5.41, 5.74) is 1.49. The smallest absolute Gasteiger partial charge is 0.267 e. The summed E-state index contributed by atoms with van der Waals surface area (Å²) in [5.74, 6) is 2.13. The van der Waals surface area contributed by atoms with Gasteiger partial charge in [-0.3, -0.25) is 9.69 Å². The molecular weight excluding hydrogens is 486 g/mol. The Morgan fingerprint density at radius 3 is 2.69 bits per heavy atom. The Hall–Kier alpha value is -2.79. The fourth-order valence-corrected chi connectivity index (χ4v) is 4.78. The first kappa shape index (κ1) is 25.3. The fraction of sp³-hybridized carbons (Fsp3) is 0.417. The molecule has 0 spiro atoms. The molecule has 3 N–H and O–H groups in total. The molecule has 0 unspecified atom stereocenters. The third-order valence-corrected chi connectivity index (χ3v) is 7.01. The van der Waals surface area contributed by atoms with Gasteiger partial charge in [-0.1, -0.05) is 48.9 Å². The Labute approximate surface area is 214 Å². The highest BCUT2D eigenvalue weighted by atomic mass is 35.5. The molecule has 3 heterocycles. The van der Waals surface area contributed by atoms with Crippen LogP contribution >= 0.6 is 22.9 Å². The minimum absolute atomic E-state index is 0.155. The van der Waals surface area contributed by atoms with Crippen LogP contribution in [0.15, 0.2) is 30.5 Å². The topological polar surface area (TPSA) is 107 Å². The second kappa shape index (κ2) is 11.3. The average Bonchev–Trinajstić information content (AvgIpc) is 3.30. The molecule has 1 aliphatic heterocycles. The number of aliphatic hydroxyl groups excluding tert-OH is 1. The van der Waals surface area contributed by atoms with Gasteiger partial charge in [0, 0.05) is 44.7 Å². The van der Waals surface area contributed by atoms with Crippen LogP contribution in [0.4, 0.5) is 22.5 Å². The van der Waals surface area contributed by atoms with Gasteiger partial charge in [-0.05, 0) is 18.6 Å². The molecule has 1 aliphatic rings. The van der Waals surface area contributed by atoms with Gasteiger partial charge in [-0.25, -0.2) is 15.0 Å². The van der Waals surface area contributed by atoms with E-state index in [0.29, 0.717) is 33.1 Å². The Bertz CT molecular complexity index is 1160. The Balaban J connectivity index is 1.49. The minimum atomic E-state index is -0.265. The van der Waals surface area contributed by atoms with Crippen LogP contribution in [0.1, 0.15) is 40.8 Å². The Morgan fingerprint density at radius 1 is 1.23 bits per heavy atom. The van der Waals surface area contributed by atoms with Gasteiger partial charge in [-0.15, -0.1) is 0 Å². The van der Waals surface area contributed by atoms with Gasteiger partial charge in [0.05, 0.1) is 23.5 Å². The number of para-hydroxylation sites is 1. The maximum atomic E-state index is 12.8. The predicted octanol–water partition coefficient (Wildman–Crippen LogP) is 4.13. The van der Waals surface area contributed by atoms with E-state index in [-0.39, 0.29) is 18.4 Å². The maximum absolute atomic E-state index is 12.8. The first-order valence-corrected chi connectivity index (χ1v) is 12.8. The van der Waals surface area contributed by atoms with Gasteiger partial charge in [0.1, 0.15) is 22.3 Å². The highest BCUT2D eigenvalue weighted by Gasteiger charge is 2.20. The zero-order chi connectivity index (χ0) is 24.9. The Morgan fingerprint density at radius 2 is 2.00 bits per heavy atom. The SMILES string of the molecule is Cc1cccc(Cl)c1NC(=O)c1cnc(Nc2cc(N3CCN(CCO)CC3)nc(C(C)C)n2)s1. The molecule has 35 heavy (non-hydrogen) atoms. The second-order valence-electron chi connectivity index (χ2n) is 8.72. The number of anilines is 4. The van der Waals surface area contributed by atoms with E-state index in [0.717, 1.165) is 43.4 Å². The lowest BCUT2D eigenvalue weighted by atomic mass is 10.2. The molecule has 1 amide bonds. The molecule has 11 heteroatoms. The first-order valence-electron chi connectivity index (χ1n) is 11.6. The predicted molar refractivity (Wildman–Crippen MR) is 141 cm³/mol. The maximum Gasteiger partial charge on any atom is 0.267 e. The average molecular weight is 516 g/mol. The monoisotopic (exact) mass is 515 g/mol. The Kier molecular flexibility index (Phi) is 8.17. The molecule has 0 aliphatic carbocycles. The summed E-state index contributed by atoms with van der Waals surface area (Å²) in [5, 5.41) is 16.4. The fourth-order valence-electron chi connectivity index (χ4n) is 3.79. The summed E-state index contributed by atoms with van der Waals surface area (Å²) in [6.45, 7) is 10.3. The number of benzene rings is 1. The normalized spacial score (nSPS) is 14.4. The van der Waals surface area contributed by atoms with Crippen LogP contribution in [0, 0.1) is 6.92 Å². The van der Waals surface area contributed by atoms with Crippen molar-refractivity contribution in [3.63, 3.8) is 0 Å². The number of aromatic nitrogens is 3. The number of hydrogen-bond acceptors (Lipinski definition) is 9. The molecule has 4 rings (SSSR count). The number of nitrogens with zero attached hydrogens (tertiary/aromatic N) is 5. The molecule has 0 radical (unpaired) electrons. The van der Waals surface area contributed by atoms with E-state index in [1.165, 1.54) is 11.3 Å². The first-order chi connectivity index (χ1) is 16.8. The molecule has 0 saturated carbocycles. The molecule has 1 saturated heterocycles. The third-order valence-electron chi connectivity index (χ3n) is 5.78. The van der Waals surface area contributed by atoms with Gasteiger partial charge < -0.3 is 20.6 Å². The summed E-state index contributed by atoms with van der Waals surface area (Å²) in [6, 6.07) is 7.41. The summed E-state index contributed by atoms with van der Waals surface area (Å²) in [6.07, 6.45) is 1.54. The number of halogens is 1. The van der Waals surface area contributed by atoms with Gasteiger partial charge in [0.25, 0.3) is 5.91 Å². The zero-order valence-corrected chi connectivity index (χ0v) is 21.7. The van der Waals surface area contributed by atoms with Gasteiger partial charge in [0.2, 0.25) is 0 Å². The van der Waals surface area contributed by atoms with E-state index in [1.807, 2.05) is 25.1 Å². The van der Waals surface area contributed by atoms with Crippen LogP contribution in [-0.2, 0) is 0 Å². The van der Waals surface area contributed by atoms with Crippen molar-refractivity contribution in [2.75, 3.05) is 54.9 Å². The molecule has 9 nitrogen and oxygen atoms in total. The lowest BCUT2D eigenvalue weighted by molar-refractivity contribution is 0.103. The van der Waals surface area contributed by atoms with Gasteiger partial charge in [0.15, 0.2) is 5.13 Å².